The zero-order valence-corrected chi connectivity index (χ0v) is 11.0. The van der Waals surface area contributed by atoms with Gasteiger partial charge < -0.3 is 5.11 Å². The van der Waals surface area contributed by atoms with E-state index in [0.717, 1.165) is 5.56 Å². The number of carboxylic acid groups (broad SMARTS) is 1. The Morgan fingerprint density at radius 1 is 1.37 bits per heavy atom. The lowest BCUT2D eigenvalue weighted by Crippen LogP contribution is -2.23. The number of aliphatic carboxylic acids is 1. The fraction of sp³-hybridized carbons (Fsp3) is 0.429. The number of hydrogen-bond donors (Lipinski definition) is 1. The number of carbonyl (C=O) groups is 2. The minimum atomic E-state index is -0.827. The van der Waals surface area contributed by atoms with Crippen LogP contribution in [0.1, 0.15) is 32.3 Å². The van der Waals surface area contributed by atoms with E-state index in [0.29, 0.717) is 18.7 Å². The standard InChI is InChI=1S/C14H17NO4/c1-14(2,9-13(17)18)10-3-5-11(6-4-10)15-12(16)7-8-19-15/h3-6H,7-9H2,1-2H3,(H,17,18). The van der Waals surface area contributed by atoms with Gasteiger partial charge in [-0.3, -0.25) is 14.4 Å². The average Bonchev–Trinajstić information content (AvgIpc) is 2.74. The van der Waals surface area contributed by atoms with Crippen molar-refractivity contribution in [2.75, 3.05) is 11.7 Å². The molecule has 0 unspecified atom stereocenters. The van der Waals surface area contributed by atoms with Crippen molar-refractivity contribution >= 4 is 17.6 Å². The molecule has 0 aliphatic carbocycles. The van der Waals surface area contributed by atoms with Crippen molar-refractivity contribution in [3.63, 3.8) is 0 Å². The summed E-state index contributed by atoms with van der Waals surface area (Å²) in [7, 11) is 0. The molecule has 0 atom stereocenters. The van der Waals surface area contributed by atoms with E-state index in [1.165, 1.54) is 5.06 Å². The Morgan fingerprint density at radius 3 is 2.47 bits per heavy atom. The Kier molecular flexibility index (Phi) is 3.57. The van der Waals surface area contributed by atoms with Crippen molar-refractivity contribution in [3.8, 4) is 0 Å². The molecule has 1 N–H and O–H groups in total. The summed E-state index contributed by atoms with van der Waals surface area (Å²) in [6.07, 6.45) is 0.456. The second-order valence-electron chi connectivity index (χ2n) is 5.27. The number of carbonyl (C=O) groups excluding carboxylic acids is 1. The molecule has 1 heterocycles. The van der Waals surface area contributed by atoms with Crippen LogP contribution in [0.2, 0.25) is 0 Å². The molecule has 1 saturated heterocycles. The maximum Gasteiger partial charge on any atom is 0.304 e. The predicted molar refractivity (Wildman–Crippen MR) is 69.8 cm³/mol. The summed E-state index contributed by atoms with van der Waals surface area (Å²) in [5.41, 5.74) is 1.16. The quantitative estimate of drug-likeness (QED) is 0.903. The molecule has 1 aromatic carbocycles. The summed E-state index contributed by atoms with van der Waals surface area (Å²) in [4.78, 5) is 27.6. The van der Waals surface area contributed by atoms with Gasteiger partial charge in [0.15, 0.2) is 0 Å². The Labute approximate surface area is 111 Å². The summed E-state index contributed by atoms with van der Waals surface area (Å²) in [6, 6.07) is 7.24. The van der Waals surface area contributed by atoms with E-state index in [2.05, 4.69) is 0 Å². The number of rotatable bonds is 4. The molecule has 1 aliphatic rings. The van der Waals surface area contributed by atoms with Crippen molar-refractivity contribution < 1.29 is 19.5 Å². The van der Waals surface area contributed by atoms with Crippen LogP contribution in [0.4, 0.5) is 5.69 Å². The Bertz CT molecular complexity index is 493. The van der Waals surface area contributed by atoms with Gasteiger partial charge in [-0.25, -0.2) is 0 Å². The van der Waals surface area contributed by atoms with Gasteiger partial charge in [-0.15, -0.1) is 0 Å². The van der Waals surface area contributed by atoms with Gasteiger partial charge in [0.05, 0.1) is 25.1 Å². The molecular formula is C14H17NO4. The molecule has 5 nitrogen and oxygen atoms in total. The first kappa shape index (κ1) is 13.5. The lowest BCUT2D eigenvalue weighted by atomic mass is 9.81. The van der Waals surface area contributed by atoms with Crippen molar-refractivity contribution in [2.45, 2.75) is 32.1 Å². The number of amides is 1. The normalized spacial score (nSPS) is 15.9. The Balaban J connectivity index is 2.18. The number of nitrogens with zero attached hydrogens (tertiary/aromatic N) is 1. The number of carboxylic acids is 1. The van der Waals surface area contributed by atoms with E-state index in [-0.39, 0.29) is 12.3 Å². The molecule has 2 rings (SSSR count). The van der Waals surface area contributed by atoms with Crippen molar-refractivity contribution in [3.05, 3.63) is 29.8 Å². The second kappa shape index (κ2) is 5.01. The summed E-state index contributed by atoms with van der Waals surface area (Å²) >= 11 is 0. The number of hydroxylamine groups is 1. The van der Waals surface area contributed by atoms with Crippen LogP contribution in [0.25, 0.3) is 0 Å². The van der Waals surface area contributed by atoms with Crippen LogP contribution in [0.5, 0.6) is 0 Å². The highest BCUT2D eigenvalue weighted by molar-refractivity contribution is 5.92. The molecule has 1 amide bonds. The highest BCUT2D eigenvalue weighted by atomic mass is 16.7. The zero-order valence-electron chi connectivity index (χ0n) is 11.0. The summed E-state index contributed by atoms with van der Waals surface area (Å²) in [6.45, 7) is 4.17. The predicted octanol–water partition coefficient (Wildman–Crippen LogP) is 2.11. The third-order valence-corrected chi connectivity index (χ3v) is 3.24. The van der Waals surface area contributed by atoms with Gasteiger partial charge in [-0.2, -0.15) is 5.06 Å². The first-order valence-corrected chi connectivity index (χ1v) is 6.18. The van der Waals surface area contributed by atoms with Gasteiger partial charge in [-0.1, -0.05) is 26.0 Å². The molecule has 1 aliphatic heterocycles. The molecular weight excluding hydrogens is 246 g/mol. The zero-order chi connectivity index (χ0) is 14.0. The van der Waals surface area contributed by atoms with E-state index in [9.17, 15) is 9.59 Å². The lowest BCUT2D eigenvalue weighted by Gasteiger charge is -2.24. The Morgan fingerprint density at radius 2 is 2.00 bits per heavy atom. The molecule has 5 heteroatoms. The van der Waals surface area contributed by atoms with Crippen LogP contribution in [0.3, 0.4) is 0 Å². The van der Waals surface area contributed by atoms with Gasteiger partial charge in [0.1, 0.15) is 0 Å². The molecule has 0 aromatic heterocycles. The van der Waals surface area contributed by atoms with E-state index in [1.807, 2.05) is 26.0 Å². The smallest absolute Gasteiger partial charge is 0.304 e. The fourth-order valence-corrected chi connectivity index (χ4v) is 2.14. The highest BCUT2D eigenvalue weighted by Gasteiger charge is 2.26. The van der Waals surface area contributed by atoms with E-state index >= 15 is 0 Å². The van der Waals surface area contributed by atoms with Crippen LogP contribution in [0, 0.1) is 0 Å². The molecule has 102 valence electrons. The number of benzene rings is 1. The molecule has 0 spiro atoms. The van der Waals surface area contributed by atoms with Gasteiger partial charge >= 0.3 is 5.97 Å². The van der Waals surface area contributed by atoms with Gasteiger partial charge in [0.25, 0.3) is 5.91 Å². The first-order chi connectivity index (χ1) is 8.90. The topological polar surface area (TPSA) is 66.8 Å². The Hall–Kier alpha value is -1.88. The molecule has 1 fully saturated rings. The van der Waals surface area contributed by atoms with E-state index in [1.54, 1.807) is 12.1 Å². The molecule has 0 bridgehead atoms. The van der Waals surface area contributed by atoms with Gasteiger partial charge in [0, 0.05) is 5.41 Å². The van der Waals surface area contributed by atoms with Crippen molar-refractivity contribution in [2.24, 2.45) is 0 Å². The maximum atomic E-state index is 11.5. The van der Waals surface area contributed by atoms with Crippen LogP contribution >= 0.6 is 0 Å². The summed E-state index contributed by atoms with van der Waals surface area (Å²) < 4.78 is 0. The summed E-state index contributed by atoms with van der Waals surface area (Å²) in [5, 5.41) is 10.2. The molecule has 19 heavy (non-hydrogen) atoms. The molecule has 0 radical (unpaired) electrons. The second-order valence-corrected chi connectivity index (χ2v) is 5.27. The molecule has 0 saturated carbocycles. The van der Waals surface area contributed by atoms with Gasteiger partial charge in [-0.05, 0) is 17.7 Å². The fourth-order valence-electron chi connectivity index (χ4n) is 2.14. The SMILES string of the molecule is CC(C)(CC(=O)O)c1ccc(N2OCCC2=O)cc1. The van der Waals surface area contributed by atoms with Gasteiger partial charge in [0.2, 0.25) is 0 Å². The van der Waals surface area contributed by atoms with Crippen LogP contribution in [-0.2, 0) is 19.8 Å². The summed E-state index contributed by atoms with van der Waals surface area (Å²) in [5.74, 6) is -0.885. The third-order valence-electron chi connectivity index (χ3n) is 3.24. The van der Waals surface area contributed by atoms with Crippen molar-refractivity contribution in [1.82, 2.24) is 0 Å². The van der Waals surface area contributed by atoms with Crippen LogP contribution in [-0.4, -0.2) is 23.6 Å². The third kappa shape index (κ3) is 2.93. The van der Waals surface area contributed by atoms with Crippen LogP contribution < -0.4 is 5.06 Å². The average molecular weight is 263 g/mol. The lowest BCUT2D eigenvalue weighted by molar-refractivity contribution is -0.138. The highest BCUT2D eigenvalue weighted by Crippen LogP contribution is 2.29. The minimum absolute atomic E-state index is 0.0578. The first-order valence-electron chi connectivity index (χ1n) is 6.18. The number of hydrogen-bond acceptors (Lipinski definition) is 3. The van der Waals surface area contributed by atoms with E-state index < -0.39 is 11.4 Å². The number of anilines is 1. The minimum Gasteiger partial charge on any atom is -0.481 e. The monoisotopic (exact) mass is 263 g/mol. The van der Waals surface area contributed by atoms with E-state index in [4.69, 9.17) is 9.94 Å². The molecule has 1 aromatic rings. The maximum absolute atomic E-state index is 11.5. The van der Waals surface area contributed by atoms with Crippen LogP contribution in [0.15, 0.2) is 24.3 Å². The van der Waals surface area contributed by atoms with Crippen molar-refractivity contribution in [1.29, 1.82) is 0 Å². The largest absolute Gasteiger partial charge is 0.481 e.